The molecule has 10 nitrogen and oxygen atoms in total. The largest absolute Gasteiger partial charge is 0.483 e. The summed E-state index contributed by atoms with van der Waals surface area (Å²) >= 11 is 19.6. The molecule has 0 spiro atoms. The van der Waals surface area contributed by atoms with E-state index in [1.807, 2.05) is 12.1 Å². The highest BCUT2D eigenvalue weighted by molar-refractivity contribution is 8.02. The van der Waals surface area contributed by atoms with E-state index in [1.54, 1.807) is 12.1 Å². The molecule has 0 saturated carbocycles. The molecule has 0 saturated heterocycles. The van der Waals surface area contributed by atoms with E-state index in [4.69, 9.17) is 45.3 Å². The Morgan fingerprint density at radius 3 is 2.20 bits per heavy atom. The molecule has 4 rings (SSSR count). The van der Waals surface area contributed by atoms with Crippen LogP contribution < -0.4 is 26.1 Å². The van der Waals surface area contributed by atoms with E-state index >= 15 is 0 Å². The van der Waals surface area contributed by atoms with E-state index in [2.05, 4.69) is 63.3 Å². The van der Waals surface area contributed by atoms with Gasteiger partial charge in [-0.1, -0.05) is 94.5 Å². The number of carbonyl (C=O) groups excluding carboxylic acids is 4. The standard InChI is InChI=1S/C36H40Cl3N5O5S/c1-35(2,3)16-20-10-11-27(22(12-20)17-36(4,5)6)49-18-29(46)41-24-9-7-8-21(13-24)33(47)42-32-31(50-19-28(40)45)34(48)44(43-32)30-25(38)14-23(37)15-26(30)39/h7-15,31H,16-19H2,1-6H3,(H2,40,45)(H,41,46)(H,42,43,47). The van der Waals surface area contributed by atoms with Crippen molar-refractivity contribution in [3.63, 3.8) is 0 Å². The topological polar surface area (TPSA) is 143 Å². The first kappa shape index (κ1) is 39.0. The van der Waals surface area contributed by atoms with Crippen molar-refractivity contribution >= 4 is 87.4 Å². The van der Waals surface area contributed by atoms with Crippen LogP contribution in [0.3, 0.4) is 0 Å². The number of nitrogens with zero attached hydrogens (tertiary/aromatic N) is 2. The van der Waals surface area contributed by atoms with Gasteiger partial charge in [0.25, 0.3) is 17.7 Å². The fourth-order valence-electron chi connectivity index (χ4n) is 5.21. The summed E-state index contributed by atoms with van der Waals surface area (Å²) in [6.07, 6.45) is 1.68. The molecule has 1 heterocycles. The van der Waals surface area contributed by atoms with Gasteiger partial charge in [0.2, 0.25) is 5.91 Å². The van der Waals surface area contributed by atoms with Crippen LogP contribution in [0.1, 0.15) is 63.0 Å². The molecule has 3 aromatic carbocycles. The molecule has 3 aromatic rings. The van der Waals surface area contributed by atoms with Gasteiger partial charge < -0.3 is 21.1 Å². The van der Waals surface area contributed by atoms with E-state index in [0.29, 0.717) is 11.4 Å². The van der Waals surface area contributed by atoms with Crippen molar-refractivity contribution in [1.29, 1.82) is 0 Å². The van der Waals surface area contributed by atoms with E-state index < -0.39 is 28.9 Å². The number of carbonyl (C=O) groups is 4. The summed E-state index contributed by atoms with van der Waals surface area (Å²) in [6, 6.07) is 15.1. The van der Waals surface area contributed by atoms with E-state index in [9.17, 15) is 19.2 Å². The molecular weight excluding hydrogens is 721 g/mol. The third-order valence-corrected chi connectivity index (χ3v) is 9.07. The number of anilines is 2. The molecule has 1 aliphatic rings. The fourth-order valence-corrected chi connectivity index (χ4v) is 7.03. The van der Waals surface area contributed by atoms with Crippen LogP contribution in [0.2, 0.25) is 15.1 Å². The number of hydrazone groups is 1. The summed E-state index contributed by atoms with van der Waals surface area (Å²) < 4.78 is 5.99. The zero-order chi connectivity index (χ0) is 37.0. The maximum Gasteiger partial charge on any atom is 0.268 e. The lowest BCUT2D eigenvalue weighted by Crippen LogP contribution is -2.39. The van der Waals surface area contributed by atoms with E-state index in [1.165, 1.54) is 29.8 Å². The van der Waals surface area contributed by atoms with Crippen LogP contribution in [0.5, 0.6) is 5.75 Å². The van der Waals surface area contributed by atoms with Crippen molar-refractivity contribution in [3.05, 3.63) is 86.4 Å². The predicted octanol–water partition coefficient (Wildman–Crippen LogP) is 7.52. The zero-order valence-electron chi connectivity index (χ0n) is 28.7. The Labute approximate surface area is 311 Å². The van der Waals surface area contributed by atoms with Gasteiger partial charge in [-0.3, -0.25) is 19.2 Å². The number of benzene rings is 3. The van der Waals surface area contributed by atoms with Crippen LogP contribution in [-0.2, 0) is 27.2 Å². The van der Waals surface area contributed by atoms with Crippen molar-refractivity contribution in [2.45, 2.75) is 59.6 Å². The van der Waals surface area contributed by atoms with Crippen molar-refractivity contribution in [2.24, 2.45) is 21.7 Å². The summed E-state index contributed by atoms with van der Waals surface area (Å²) in [4.78, 5) is 51.3. The highest BCUT2D eigenvalue weighted by Gasteiger charge is 2.40. The number of thioether (sulfide) groups is 1. The molecule has 0 bridgehead atoms. The van der Waals surface area contributed by atoms with Crippen molar-refractivity contribution in [3.8, 4) is 5.75 Å². The smallest absolute Gasteiger partial charge is 0.268 e. The summed E-state index contributed by atoms with van der Waals surface area (Å²) in [5.41, 5.74) is 8.28. The van der Waals surface area contributed by atoms with E-state index in [0.717, 1.165) is 35.2 Å². The van der Waals surface area contributed by atoms with Gasteiger partial charge in [-0.25, -0.2) is 0 Å². The van der Waals surface area contributed by atoms with Crippen LogP contribution in [-0.4, -0.2) is 47.1 Å². The molecule has 0 aromatic heterocycles. The van der Waals surface area contributed by atoms with Gasteiger partial charge in [0.1, 0.15) is 16.7 Å². The normalized spacial score (nSPS) is 14.7. The minimum atomic E-state index is -1.10. The number of hydrogen-bond acceptors (Lipinski definition) is 7. The van der Waals surface area contributed by atoms with Crippen LogP contribution in [0.4, 0.5) is 11.4 Å². The Morgan fingerprint density at radius 1 is 0.920 bits per heavy atom. The summed E-state index contributed by atoms with van der Waals surface area (Å²) in [5.74, 6) is -1.93. The second-order valence-corrected chi connectivity index (χ2v) is 16.6. The second-order valence-electron chi connectivity index (χ2n) is 14.3. The molecule has 0 fully saturated rings. The van der Waals surface area contributed by atoms with Gasteiger partial charge in [0.05, 0.1) is 15.8 Å². The number of amides is 4. The van der Waals surface area contributed by atoms with Crippen LogP contribution in [0.15, 0.2) is 59.7 Å². The third-order valence-electron chi connectivity index (χ3n) is 7.06. The highest BCUT2D eigenvalue weighted by atomic mass is 35.5. The van der Waals surface area contributed by atoms with Crippen molar-refractivity contribution < 1.29 is 23.9 Å². The van der Waals surface area contributed by atoms with Gasteiger partial charge in [-0.15, -0.1) is 16.9 Å². The first-order valence-electron chi connectivity index (χ1n) is 15.7. The Hall–Kier alpha value is -3.77. The van der Waals surface area contributed by atoms with Gasteiger partial charge in [-0.2, -0.15) is 5.01 Å². The zero-order valence-corrected chi connectivity index (χ0v) is 31.7. The third kappa shape index (κ3) is 10.9. The summed E-state index contributed by atoms with van der Waals surface area (Å²) in [7, 11) is 0. The van der Waals surface area contributed by atoms with E-state index in [-0.39, 0.29) is 55.3 Å². The van der Waals surface area contributed by atoms with Gasteiger partial charge in [0.15, 0.2) is 12.4 Å². The lowest BCUT2D eigenvalue weighted by molar-refractivity contribution is -0.118. The maximum absolute atomic E-state index is 13.4. The SMILES string of the molecule is CC(C)(C)Cc1ccc(OCC(=O)Nc2cccc(C(=O)NC3=NN(c4c(Cl)cc(Cl)cc4Cl)C(=O)C3SCC(N)=O)c2)c(CC(C)(C)C)c1. The number of amidine groups is 1. The lowest BCUT2D eigenvalue weighted by atomic mass is 9.84. The van der Waals surface area contributed by atoms with Crippen molar-refractivity contribution in [1.82, 2.24) is 5.32 Å². The summed E-state index contributed by atoms with van der Waals surface area (Å²) in [5, 5.41) is 9.93. The Kier molecular flexibility index (Phi) is 12.5. The number of hydrogen-bond donors (Lipinski definition) is 3. The average molecular weight is 761 g/mol. The molecule has 50 heavy (non-hydrogen) atoms. The number of ether oxygens (including phenoxy) is 1. The van der Waals surface area contributed by atoms with Crippen molar-refractivity contribution in [2.75, 3.05) is 22.7 Å². The number of halogens is 3. The molecule has 4 amide bonds. The van der Waals surface area contributed by atoms with Crippen LogP contribution >= 0.6 is 46.6 Å². The number of rotatable bonds is 11. The average Bonchev–Trinajstić information content (AvgIpc) is 3.27. The molecule has 14 heteroatoms. The molecule has 0 aliphatic carbocycles. The minimum Gasteiger partial charge on any atom is -0.483 e. The molecular formula is C36H40Cl3N5O5S. The lowest BCUT2D eigenvalue weighted by Gasteiger charge is -2.23. The van der Waals surface area contributed by atoms with Gasteiger partial charge in [-0.05, 0) is 71.2 Å². The predicted molar refractivity (Wildman–Crippen MR) is 203 cm³/mol. The van der Waals surface area contributed by atoms with Gasteiger partial charge >= 0.3 is 0 Å². The second kappa shape index (κ2) is 16.1. The molecule has 1 aliphatic heterocycles. The first-order valence-corrected chi connectivity index (χ1v) is 17.9. The minimum absolute atomic E-state index is 0.00780. The van der Waals surface area contributed by atoms with Crippen LogP contribution in [0.25, 0.3) is 0 Å². The quantitative estimate of drug-likeness (QED) is 0.185. The maximum atomic E-state index is 13.4. The molecule has 1 atom stereocenters. The molecule has 1 unspecified atom stereocenters. The first-order chi connectivity index (χ1) is 23.3. The fraction of sp³-hybridized carbons (Fsp3) is 0.361. The molecule has 0 radical (unpaired) electrons. The monoisotopic (exact) mass is 759 g/mol. The summed E-state index contributed by atoms with van der Waals surface area (Å²) in [6.45, 7) is 12.8. The van der Waals surface area contributed by atoms with Crippen LogP contribution in [0, 0.1) is 10.8 Å². The van der Waals surface area contributed by atoms with Gasteiger partial charge in [0, 0.05) is 16.3 Å². The molecule has 4 N–H and O–H groups in total. The number of nitrogens with two attached hydrogens (primary N) is 1. The Morgan fingerprint density at radius 2 is 1.58 bits per heavy atom. The Bertz CT molecular complexity index is 1810. The number of primary amides is 1. The number of nitrogens with one attached hydrogen (secondary N) is 2. The Balaban J connectivity index is 1.48. The highest BCUT2D eigenvalue weighted by Crippen LogP contribution is 2.39. The molecule has 266 valence electrons.